The normalized spacial score (nSPS) is 23.6. The van der Waals surface area contributed by atoms with E-state index in [0.717, 1.165) is 43.2 Å². The second-order valence-corrected chi connectivity index (χ2v) is 7.94. The summed E-state index contributed by atoms with van der Waals surface area (Å²) in [5.74, 6) is 0.151. The van der Waals surface area contributed by atoms with Gasteiger partial charge in [-0.3, -0.25) is 0 Å². The van der Waals surface area contributed by atoms with Gasteiger partial charge in [0.1, 0.15) is 11.4 Å². The highest BCUT2D eigenvalue weighted by molar-refractivity contribution is 6.00. The summed E-state index contributed by atoms with van der Waals surface area (Å²) >= 11 is 0. The van der Waals surface area contributed by atoms with Crippen molar-refractivity contribution in [1.82, 2.24) is 10.2 Å². The van der Waals surface area contributed by atoms with E-state index in [1.54, 1.807) is 0 Å². The number of phenolic OH excluding ortho intramolecular Hbond substituents is 1. The molecule has 0 spiro atoms. The molecule has 2 N–H and O–H groups in total. The average Bonchev–Trinajstić information content (AvgIpc) is 3.06. The van der Waals surface area contributed by atoms with Crippen LogP contribution in [0.2, 0.25) is 0 Å². The number of hydrogen-bond donors (Lipinski definition) is 2. The van der Waals surface area contributed by atoms with Gasteiger partial charge in [0.2, 0.25) is 0 Å². The fourth-order valence-corrected chi connectivity index (χ4v) is 4.49. The number of rotatable bonds is 3. The Morgan fingerprint density at radius 2 is 1.67 bits per heavy atom. The summed E-state index contributed by atoms with van der Waals surface area (Å²) in [7, 11) is 0. The molecule has 2 aliphatic heterocycles. The van der Waals surface area contributed by atoms with Crippen molar-refractivity contribution < 1.29 is 23.0 Å². The van der Waals surface area contributed by atoms with Crippen molar-refractivity contribution >= 4 is 16.6 Å². The van der Waals surface area contributed by atoms with Crippen molar-refractivity contribution in [2.45, 2.75) is 50.1 Å². The molecule has 2 atom stereocenters. The number of halogens is 3. The van der Waals surface area contributed by atoms with Crippen LogP contribution in [0.1, 0.15) is 31.2 Å². The first-order valence-corrected chi connectivity index (χ1v) is 9.96. The highest BCUT2D eigenvalue weighted by Gasteiger charge is 2.35. The molecule has 2 bridgehead atoms. The molecule has 5 rings (SSSR count). The maximum Gasteiger partial charge on any atom is 0.416 e. The van der Waals surface area contributed by atoms with Crippen LogP contribution < -0.4 is 5.32 Å². The zero-order valence-corrected chi connectivity index (χ0v) is 16.0. The van der Waals surface area contributed by atoms with E-state index in [0.29, 0.717) is 16.9 Å². The predicted molar refractivity (Wildman–Crippen MR) is 106 cm³/mol. The lowest BCUT2D eigenvalue weighted by molar-refractivity contribution is -0.137. The summed E-state index contributed by atoms with van der Waals surface area (Å²) in [4.78, 5) is 0. The summed E-state index contributed by atoms with van der Waals surface area (Å²) in [5.41, 5.74) is -0.356. The Bertz CT molecular complexity index is 1090. The van der Waals surface area contributed by atoms with Gasteiger partial charge in [0.15, 0.2) is 5.82 Å². The summed E-state index contributed by atoms with van der Waals surface area (Å²) in [6.45, 7) is 0. The number of aromatic nitrogens is 2. The van der Waals surface area contributed by atoms with Crippen LogP contribution in [0.25, 0.3) is 22.0 Å². The molecule has 2 saturated heterocycles. The molecule has 2 unspecified atom stereocenters. The van der Waals surface area contributed by atoms with Crippen LogP contribution in [0.5, 0.6) is 5.75 Å². The largest absolute Gasteiger partial charge is 0.507 e. The van der Waals surface area contributed by atoms with Gasteiger partial charge in [-0.25, -0.2) is 0 Å². The number of ether oxygens (including phenoxy) is 1. The average molecular weight is 415 g/mol. The molecular formula is C22H20F3N3O2. The van der Waals surface area contributed by atoms with Crippen molar-refractivity contribution in [2.24, 2.45) is 0 Å². The Morgan fingerprint density at radius 1 is 0.967 bits per heavy atom. The van der Waals surface area contributed by atoms with Gasteiger partial charge in [-0.05, 0) is 43.9 Å². The molecular weight excluding hydrogens is 395 g/mol. The van der Waals surface area contributed by atoms with E-state index in [2.05, 4.69) is 15.5 Å². The number of benzene rings is 2. The van der Waals surface area contributed by atoms with Crippen LogP contribution in [0.3, 0.4) is 0 Å². The lowest BCUT2D eigenvalue weighted by Gasteiger charge is -2.29. The van der Waals surface area contributed by atoms with E-state index < -0.39 is 17.5 Å². The third-order valence-electron chi connectivity index (χ3n) is 5.90. The van der Waals surface area contributed by atoms with Crippen LogP contribution in [-0.2, 0) is 10.9 Å². The monoisotopic (exact) mass is 415 g/mol. The number of nitrogens with one attached hydrogen (secondary N) is 1. The maximum absolute atomic E-state index is 12.9. The summed E-state index contributed by atoms with van der Waals surface area (Å²) in [6.07, 6.45) is 0.0263. The topological polar surface area (TPSA) is 67.3 Å². The number of fused-ring (bicyclic) bond motifs is 3. The zero-order chi connectivity index (χ0) is 20.9. The molecule has 0 amide bonds. The highest BCUT2D eigenvalue weighted by Crippen LogP contribution is 2.39. The number of alkyl halides is 3. The van der Waals surface area contributed by atoms with E-state index in [1.165, 1.54) is 6.07 Å². The van der Waals surface area contributed by atoms with E-state index in [4.69, 9.17) is 4.74 Å². The molecule has 5 nitrogen and oxygen atoms in total. The van der Waals surface area contributed by atoms with Crippen LogP contribution in [0, 0.1) is 0 Å². The molecule has 2 aromatic carbocycles. The minimum atomic E-state index is -4.53. The number of hydrogen-bond acceptors (Lipinski definition) is 5. The fourth-order valence-electron chi connectivity index (χ4n) is 4.49. The minimum absolute atomic E-state index is 0.211. The lowest BCUT2D eigenvalue weighted by Crippen LogP contribution is -2.34. The zero-order valence-electron chi connectivity index (χ0n) is 16.0. The predicted octanol–water partition coefficient (Wildman–Crippen LogP) is 5.14. The van der Waals surface area contributed by atoms with E-state index >= 15 is 0 Å². The van der Waals surface area contributed by atoms with Crippen molar-refractivity contribution in [3.05, 3.63) is 48.0 Å². The molecule has 30 heavy (non-hydrogen) atoms. The van der Waals surface area contributed by atoms with E-state index in [9.17, 15) is 18.3 Å². The molecule has 3 heterocycles. The molecule has 0 radical (unpaired) electrons. The smallest absolute Gasteiger partial charge is 0.416 e. The van der Waals surface area contributed by atoms with Crippen molar-refractivity contribution in [2.75, 3.05) is 5.32 Å². The maximum atomic E-state index is 12.9. The van der Waals surface area contributed by atoms with Crippen LogP contribution in [0.4, 0.5) is 19.0 Å². The third-order valence-corrected chi connectivity index (χ3v) is 5.90. The van der Waals surface area contributed by atoms with Gasteiger partial charge in [0.05, 0.1) is 17.8 Å². The molecule has 156 valence electrons. The van der Waals surface area contributed by atoms with Crippen LogP contribution in [-0.4, -0.2) is 33.6 Å². The second kappa shape index (κ2) is 7.12. The summed E-state index contributed by atoms with van der Waals surface area (Å²) < 4.78 is 44.7. The molecule has 0 aliphatic carbocycles. The third kappa shape index (κ3) is 3.45. The molecule has 2 aliphatic rings. The minimum Gasteiger partial charge on any atom is -0.507 e. The molecule has 1 aromatic heterocycles. The fraction of sp³-hybridized carbons (Fsp3) is 0.364. The number of anilines is 1. The number of nitrogens with zero attached hydrogens (tertiary/aromatic N) is 2. The number of phenols is 1. The highest BCUT2D eigenvalue weighted by atomic mass is 19.4. The van der Waals surface area contributed by atoms with Gasteiger partial charge in [0.25, 0.3) is 0 Å². The molecule has 2 fully saturated rings. The Kier molecular flexibility index (Phi) is 4.54. The Hall–Kier alpha value is -2.87. The van der Waals surface area contributed by atoms with Crippen molar-refractivity contribution in [1.29, 1.82) is 0 Å². The Morgan fingerprint density at radius 3 is 2.33 bits per heavy atom. The van der Waals surface area contributed by atoms with Gasteiger partial charge < -0.3 is 15.2 Å². The first-order chi connectivity index (χ1) is 14.4. The van der Waals surface area contributed by atoms with Crippen LogP contribution in [0.15, 0.2) is 42.5 Å². The quantitative estimate of drug-likeness (QED) is 0.620. The second-order valence-electron chi connectivity index (χ2n) is 7.94. The van der Waals surface area contributed by atoms with E-state index in [1.807, 2.05) is 24.3 Å². The Balaban J connectivity index is 1.52. The van der Waals surface area contributed by atoms with E-state index in [-0.39, 0.29) is 23.8 Å². The molecule has 8 heteroatoms. The van der Waals surface area contributed by atoms with Crippen molar-refractivity contribution in [3.8, 4) is 17.0 Å². The van der Waals surface area contributed by atoms with Crippen molar-refractivity contribution in [3.63, 3.8) is 0 Å². The van der Waals surface area contributed by atoms with Gasteiger partial charge >= 0.3 is 6.18 Å². The molecule has 3 aromatic rings. The van der Waals surface area contributed by atoms with Gasteiger partial charge in [-0.2, -0.15) is 13.2 Å². The summed E-state index contributed by atoms with van der Waals surface area (Å²) in [5, 5.41) is 23.9. The first-order valence-electron chi connectivity index (χ1n) is 9.96. The first kappa shape index (κ1) is 19.1. The standard InChI is InChI=1S/C22H20F3N3O2/c23-22(24,25)12-5-8-18(19(29)9-12)20-16-3-1-2-4-17(16)21(28-27-20)26-13-10-14-6-7-15(11-13)30-14/h1-5,8-9,13-15,29H,6-7,10-11H2,(H,26,28). The van der Waals surface area contributed by atoms with Gasteiger partial charge in [-0.1, -0.05) is 24.3 Å². The van der Waals surface area contributed by atoms with Crippen LogP contribution >= 0.6 is 0 Å². The lowest BCUT2D eigenvalue weighted by atomic mass is 10.0. The number of aromatic hydroxyl groups is 1. The van der Waals surface area contributed by atoms with Gasteiger partial charge in [0, 0.05) is 22.4 Å². The Labute approximate surface area is 170 Å². The molecule has 0 saturated carbocycles. The SMILES string of the molecule is Oc1cc(C(F)(F)F)ccc1-c1nnc(NC2CC3CCC(C2)O3)c2ccccc12. The summed E-state index contributed by atoms with van der Waals surface area (Å²) in [6, 6.07) is 10.6. The van der Waals surface area contributed by atoms with Gasteiger partial charge in [-0.15, -0.1) is 10.2 Å².